The Morgan fingerprint density at radius 2 is 2.33 bits per heavy atom. The topological polar surface area (TPSA) is 111 Å². The van der Waals surface area contributed by atoms with Gasteiger partial charge in [0.15, 0.2) is 17.5 Å². The van der Waals surface area contributed by atoms with Gasteiger partial charge in [0.1, 0.15) is 5.52 Å². The SMILES string of the molecule is CNC(=O)[C@H]1CN(c2cc(F)c3nc(N)oc3c2)C(=O)O1. The van der Waals surface area contributed by atoms with Crippen molar-refractivity contribution < 1.29 is 23.1 Å². The Labute approximate surface area is 117 Å². The quantitative estimate of drug-likeness (QED) is 0.840. The highest BCUT2D eigenvalue weighted by Crippen LogP contribution is 2.29. The maximum atomic E-state index is 13.9. The van der Waals surface area contributed by atoms with Gasteiger partial charge >= 0.3 is 6.09 Å². The van der Waals surface area contributed by atoms with E-state index in [4.69, 9.17) is 14.9 Å². The van der Waals surface area contributed by atoms with Crippen LogP contribution >= 0.6 is 0 Å². The smallest absolute Gasteiger partial charge is 0.415 e. The van der Waals surface area contributed by atoms with Gasteiger partial charge in [0, 0.05) is 19.2 Å². The minimum atomic E-state index is -0.943. The van der Waals surface area contributed by atoms with Crippen LogP contribution in [0.2, 0.25) is 0 Å². The minimum absolute atomic E-state index is 0.0208. The van der Waals surface area contributed by atoms with Gasteiger partial charge in [-0.1, -0.05) is 0 Å². The van der Waals surface area contributed by atoms with Gasteiger partial charge in [-0.15, -0.1) is 0 Å². The molecule has 9 heteroatoms. The number of likely N-dealkylation sites (N-methyl/N-ethyl adjacent to an activating group) is 1. The van der Waals surface area contributed by atoms with Crippen LogP contribution in [0.1, 0.15) is 0 Å². The lowest BCUT2D eigenvalue weighted by molar-refractivity contribution is -0.127. The van der Waals surface area contributed by atoms with Crippen LogP contribution in [0, 0.1) is 5.82 Å². The van der Waals surface area contributed by atoms with Crippen molar-refractivity contribution in [2.24, 2.45) is 0 Å². The number of oxazole rings is 1. The van der Waals surface area contributed by atoms with Gasteiger partial charge in [-0.05, 0) is 0 Å². The van der Waals surface area contributed by atoms with Gasteiger partial charge in [-0.3, -0.25) is 9.69 Å². The molecule has 2 heterocycles. The third-order valence-corrected chi connectivity index (χ3v) is 3.11. The molecular formula is C12H11FN4O4. The normalized spacial score (nSPS) is 18.1. The van der Waals surface area contributed by atoms with E-state index >= 15 is 0 Å². The molecule has 1 saturated heterocycles. The van der Waals surface area contributed by atoms with Crippen molar-refractivity contribution >= 4 is 34.8 Å². The molecule has 0 radical (unpaired) electrons. The number of cyclic esters (lactones) is 1. The van der Waals surface area contributed by atoms with E-state index in [-0.39, 0.29) is 29.3 Å². The number of fused-ring (bicyclic) bond motifs is 1. The summed E-state index contributed by atoms with van der Waals surface area (Å²) in [5.74, 6) is -1.12. The standard InChI is InChI=1S/C12H11FN4O4/c1-15-10(18)8-4-17(12(19)21-8)5-2-6(13)9-7(3-5)20-11(14)16-9/h2-3,8H,4H2,1H3,(H2,14,16)(H,15,18)/t8-/m1/s1. The molecule has 1 aliphatic rings. The van der Waals surface area contributed by atoms with Crippen LogP contribution in [-0.2, 0) is 9.53 Å². The van der Waals surface area contributed by atoms with E-state index < -0.39 is 23.9 Å². The fourth-order valence-electron chi connectivity index (χ4n) is 2.12. The first-order chi connectivity index (χ1) is 9.99. The second-order valence-corrected chi connectivity index (χ2v) is 4.42. The lowest BCUT2D eigenvalue weighted by atomic mass is 10.2. The number of aromatic nitrogens is 1. The molecule has 1 aliphatic heterocycles. The summed E-state index contributed by atoms with van der Waals surface area (Å²) in [5.41, 5.74) is 5.66. The molecule has 2 amide bonds. The zero-order valence-corrected chi connectivity index (χ0v) is 10.9. The molecule has 0 unspecified atom stereocenters. The molecule has 0 saturated carbocycles. The first-order valence-electron chi connectivity index (χ1n) is 6.05. The average molecular weight is 294 g/mol. The predicted molar refractivity (Wildman–Crippen MR) is 70.1 cm³/mol. The summed E-state index contributed by atoms with van der Waals surface area (Å²) in [6, 6.07) is 2.35. The first-order valence-corrected chi connectivity index (χ1v) is 6.05. The van der Waals surface area contributed by atoms with E-state index in [1.54, 1.807) is 0 Å². The fourth-order valence-corrected chi connectivity index (χ4v) is 2.12. The van der Waals surface area contributed by atoms with Crippen LogP contribution < -0.4 is 16.0 Å². The van der Waals surface area contributed by atoms with Crippen molar-refractivity contribution in [2.75, 3.05) is 24.2 Å². The number of rotatable bonds is 2. The second kappa shape index (κ2) is 4.62. The van der Waals surface area contributed by atoms with E-state index in [1.807, 2.05) is 0 Å². The molecule has 1 aromatic carbocycles. The summed E-state index contributed by atoms with van der Waals surface area (Å²) in [5, 5.41) is 2.38. The summed E-state index contributed by atoms with van der Waals surface area (Å²) < 4.78 is 23.9. The van der Waals surface area contributed by atoms with Gasteiger partial charge in [0.05, 0.1) is 12.2 Å². The highest BCUT2D eigenvalue weighted by atomic mass is 19.1. The Morgan fingerprint density at radius 1 is 1.57 bits per heavy atom. The van der Waals surface area contributed by atoms with Crippen LogP contribution in [0.15, 0.2) is 16.5 Å². The van der Waals surface area contributed by atoms with Gasteiger partial charge in [-0.2, -0.15) is 4.98 Å². The summed E-state index contributed by atoms with van der Waals surface area (Å²) >= 11 is 0. The average Bonchev–Trinajstić information content (AvgIpc) is 3.00. The Balaban J connectivity index is 1.97. The largest absolute Gasteiger partial charge is 0.434 e. The lowest BCUT2D eigenvalue weighted by Crippen LogP contribution is -2.35. The van der Waals surface area contributed by atoms with Crippen LogP contribution in [0.5, 0.6) is 0 Å². The molecule has 8 nitrogen and oxygen atoms in total. The predicted octanol–water partition coefficient (Wildman–Crippen LogP) is 0.620. The Bertz CT molecular complexity index is 744. The Kier molecular flexibility index (Phi) is 2.89. The zero-order valence-electron chi connectivity index (χ0n) is 10.9. The summed E-state index contributed by atoms with van der Waals surface area (Å²) in [7, 11) is 1.43. The second-order valence-electron chi connectivity index (χ2n) is 4.42. The third-order valence-electron chi connectivity index (χ3n) is 3.11. The van der Waals surface area contributed by atoms with Crippen molar-refractivity contribution in [3.63, 3.8) is 0 Å². The van der Waals surface area contributed by atoms with Gasteiger partial charge in [0.2, 0.25) is 0 Å². The van der Waals surface area contributed by atoms with Crippen LogP contribution in [-0.4, -0.2) is 36.7 Å². The molecule has 0 spiro atoms. The molecule has 110 valence electrons. The van der Waals surface area contributed by atoms with Gasteiger partial charge < -0.3 is 20.2 Å². The molecule has 0 bridgehead atoms. The molecule has 3 N–H and O–H groups in total. The monoisotopic (exact) mass is 294 g/mol. The molecular weight excluding hydrogens is 283 g/mol. The van der Waals surface area contributed by atoms with E-state index in [0.717, 1.165) is 11.0 Å². The van der Waals surface area contributed by atoms with Gasteiger partial charge in [-0.25, -0.2) is 9.18 Å². The maximum absolute atomic E-state index is 13.9. The maximum Gasteiger partial charge on any atom is 0.415 e. The summed E-state index contributed by atoms with van der Waals surface area (Å²) in [6.45, 7) is -0.0208. The number of nitrogens with two attached hydrogens (primary N) is 1. The summed E-state index contributed by atoms with van der Waals surface area (Å²) in [6.07, 6.45) is -1.68. The van der Waals surface area contributed by atoms with E-state index in [1.165, 1.54) is 13.1 Å². The molecule has 21 heavy (non-hydrogen) atoms. The molecule has 3 rings (SSSR count). The molecule has 1 atom stereocenters. The van der Waals surface area contributed by atoms with Crippen molar-refractivity contribution in [1.29, 1.82) is 0 Å². The number of amides is 2. The number of hydrogen-bond acceptors (Lipinski definition) is 6. The number of ether oxygens (including phenoxy) is 1. The van der Waals surface area contributed by atoms with Gasteiger partial charge in [0.25, 0.3) is 11.9 Å². The Morgan fingerprint density at radius 3 is 3.05 bits per heavy atom. The van der Waals surface area contributed by atoms with Crippen molar-refractivity contribution in [1.82, 2.24) is 10.3 Å². The molecule has 1 aromatic heterocycles. The number of nitrogen functional groups attached to an aromatic ring is 1. The number of hydrogen-bond donors (Lipinski definition) is 2. The van der Waals surface area contributed by atoms with Crippen molar-refractivity contribution in [3.8, 4) is 0 Å². The number of carbonyl (C=O) groups excluding carboxylic acids is 2. The lowest BCUT2D eigenvalue weighted by Gasteiger charge is -2.12. The molecule has 1 fully saturated rings. The first kappa shape index (κ1) is 13.2. The molecule has 0 aliphatic carbocycles. The van der Waals surface area contributed by atoms with Crippen LogP contribution in [0.4, 0.5) is 20.9 Å². The number of halogens is 1. The number of nitrogens with one attached hydrogen (secondary N) is 1. The van der Waals surface area contributed by atoms with E-state index in [2.05, 4.69) is 10.3 Å². The minimum Gasteiger partial charge on any atom is -0.434 e. The van der Waals surface area contributed by atoms with Crippen molar-refractivity contribution in [2.45, 2.75) is 6.10 Å². The van der Waals surface area contributed by atoms with E-state index in [9.17, 15) is 14.0 Å². The van der Waals surface area contributed by atoms with E-state index in [0.29, 0.717) is 0 Å². The summed E-state index contributed by atoms with van der Waals surface area (Å²) in [4.78, 5) is 28.1. The fraction of sp³-hybridized carbons (Fsp3) is 0.250. The molecule has 2 aromatic rings. The van der Waals surface area contributed by atoms with Crippen LogP contribution in [0.3, 0.4) is 0 Å². The van der Waals surface area contributed by atoms with Crippen molar-refractivity contribution in [3.05, 3.63) is 17.9 Å². The number of anilines is 2. The highest BCUT2D eigenvalue weighted by molar-refractivity contribution is 5.96. The highest BCUT2D eigenvalue weighted by Gasteiger charge is 2.37. The number of nitrogens with zero attached hydrogens (tertiary/aromatic N) is 2. The van der Waals surface area contributed by atoms with Crippen LogP contribution in [0.25, 0.3) is 11.1 Å². The third kappa shape index (κ3) is 2.12. The Hall–Kier alpha value is -2.84. The zero-order chi connectivity index (χ0) is 15.1. The number of benzene rings is 1. The number of carbonyl (C=O) groups is 2.